The van der Waals surface area contributed by atoms with E-state index in [-0.39, 0.29) is 10.8 Å². The number of halogens is 2. The Bertz CT molecular complexity index is 1010. The summed E-state index contributed by atoms with van der Waals surface area (Å²) < 4.78 is 39.1. The molecular weight excluding hydrogens is 456 g/mol. The Balaban J connectivity index is 1.96. The van der Waals surface area contributed by atoms with Crippen molar-refractivity contribution in [2.24, 2.45) is 0 Å². The van der Waals surface area contributed by atoms with E-state index in [9.17, 15) is 8.42 Å². The van der Waals surface area contributed by atoms with Crippen LogP contribution in [-0.2, 0) is 16.4 Å². The highest BCUT2D eigenvalue weighted by Crippen LogP contribution is 2.34. The van der Waals surface area contributed by atoms with Gasteiger partial charge in [-0.25, -0.2) is 13.1 Å². The van der Waals surface area contributed by atoms with Crippen molar-refractivity contribution >= 4 is 37.6 Å². The first-order valence-corrected chi connectivity index (χ1v) is 10.6. The van der Waals surface area contributed by atoms with Crippen molar-refractivity contribution in [2.75, 3.05) is 7.11 Å². The molecule has 1 heterocycles. The van der Waals surface area contributed by atoms with E-state index in [2.05, 4.69) is 25.8 Å². The third kappa shape index (κ3) is 4.70. The summed E-state index contributed by atoms with van der Waals surface area (Å²) in [5.41, 5.74) is 1.34. The third-order valence-electron chi connectivity index (χ3n) is 3.85. The van der Waals surface area contributed by atoms with E-state index in [4.69, 9.17) is 20.9 Å². The first kappa shape index (κ1) is 19.9. The van der Waals surface area contributed by atoms with E-state index in [0.717, 1.165) is 5.56 Å². The number of benzene rings is 2. The molecule has 1 unspecified atom stereocenters. The van der Waals surface area contributed by atoms with Gasteiger partial charge in [0.2, 0.25) is 10.0 Å². The highest BCUT2D eigenvalue weighted by atomic mass is 79.9. The minimum absolute atomic E-state index is 0.108. The Morgan fingerprint density at radius 2 is 1.85 bits per heavy atom. The zero-order chi connectivity index (χ0) is 19.4. The number of nitrogens with one attached hydrogen (secondary N) is 1. The summed E-state index contributed by atoms with van der Waals surface area (Å²) in [5, 5.41) is 4.44. The number of ether oxygens (including phenoxy) is 1. The molecule has 1 atom stereocenters. The molecule has 6 nitrogen and oxygen atoms in total. The van der Waals surface area contributed by atoms with Crippen LogP contribution in [0.25, 0.3) is 0 Å². The van der Waals surface area contributed by atoms with Gasteiger partial charge in [0.05, 0.1) is 18.0 Å². The molecule has 0 fully saturated rings. The van der Waals surface area contributed by atoms with E-state index in [1.807, 2.05) is 30.3 Å². The largest absolute Gasteiger partial charge is 0.466 e. The summed E-state index contributed by atoms with van der Waals surface area (Å²) in [6, 6.07) is 14.8. The number of nitrogens with zero attached hydrogens (tertiary/aromatic N) is 1. The zero-order valence-corrected chi connectivity index (χ0v) is 17.4. The van der Waals surface area contributed by atoms with Crippen molar-refractivity contribution in [2.45, 2.75) is 17.4 Å². The predicted octanol–water partition coefficient (Wildman–Crippen LogP) is 4.36. The van der Waals surface area contributed by atoms with Gasteiger partial charge >= 0.3 is 5.95 Å². The molecule has 3 rings (SSSR count). The fourth-order valence-electron chi connectivity index (χ4n) is 2.53. The van der Waals surface area contributed by atoms with Crippen LogP contribution in [0.3, 0.4) is 0 Å². The molecule has 0 aliphatic carbocycles. The average molecular weight is 472 g/mol. The third-order valence-corrected chi connectivity index (χ3v) is 6.32. The molecule has 2 aromatic carbocycles. The van der Waals surface area contributed by atoms with Gasteiger partial charge in [-0.3, -0.25) is 0 Å². The fourth-order valence-corrected chi connectivity index (χ4v) is 4.44. The van der Waals surface area contributed by atoms with Crippen molar-refractivity contribution in [3.63, 3.8) is 0 Å². The lowest BCUT2D eigenvalue weighted by Gasteiger charge is -2.17. The van der Waals surface area contributed by atoms with Crippen molar-refractivity contribution in [1.29, 1.82) is 0 Å². The molecule has 1 N–H and O–H groups in total. The first-order chi connectivity index (χ1) is 12.9. The normalized spacial score (nSPS) is 12.7. The van der Waals surface area contributed by atoms with E-state index in [0.29, 0.717) is 21.6 Å². The Labute approximate surface area is 170 Å². The SMILES string of the molecule is COc1onc(C(Cc2ccccc2)NS(=O)(=O)c2ccc(Cl)cc2)c1Br. The number of aromatic nitrogens is 1. The second-order valence-electron chi connectivity index (χ2n) is 5.69. The molecule has 0 radical (unpaired) electrons. The Hall–Kier alpha value is -1.87. The van der Waals surface area contributed by atoms with Crippen molar-refractivity contribution in [3.05, 3.63) is 75.4 Å². The highest BCUT2D eigenvalue weighted by Gasteiger charge is 2.28. The molecule has 0 aliphatic heterocycles. The first-order valence-electron chi connectivity index (χ1n) is 7.91. The maximum atomic E-state index is 12.8. The molecule has 142 valence electrons. The Morgan fingerprint density at radius 1 is 1.19 bits per heavy atom. The molecule has 0 spiro atoms. The maximum Gasteiger partial charge on any atom is 0.325 e. The lowest BCUT2D eigenvalue weighted by atomic mass is 10.0. The summed E-state index contributed by atoms with van der Waals surface area (Å²) >= 11 is 9.22. The van der Waals surface area contributed by atoms with Crippen LogP contribution in [0.1, 0.15) is 17.3 Å². The molecule has 0 aliphatic rings. The van der Waals surface area contributed by atoms with Crippen molar-refractivity contribution in [1.82, 2.24) is 9.88 Å². The van der Waals surface area contributed by atoms with E-state index in [1.54, 1.807) is 0 Å². The minimum Gasteiger partial charge on any atom is -0.466 e. The zero-order valence-electron chi connectivity index (χ0n) is 14.2. The van der Waals surface area contributed by atoms with Gasteiger partial charge in [-0.2, -0.15) is 0 Å². The van der Waals surface area contributed by atoms with Crippen LogP contribution < -0.4 is 9.46 Å². The molecule has 3 aromatic rings. The van der Waals surface area contributed by atoms with E-state index >= 15 is 0 Å². The van der Waals surface area contributed by atoms with Crippen LogP contribution in [0.15, 0.2) is 68.5 Å². The van der Waals surface area contributed by atoms with Gasteiger partial charge in [0.1, 0.15) is 10.2 Å². The second-order valence-corrected chi connectivity index (χ2v) is 8.63. The number of hydrogen-bond donors (Lipinski definition) is 1. The molecular formula is C18H16BrClN2O4S. The summed E-state index contributed by atoms with van der Waals surface area (Å²) in [6.45, 7) is 0. The number of sulfonamides is 1. The minimum atomic E-state index is -3.81. The summed E-state index contributed by atoms with van der Waals surface area (Å²) in [5.74, 6) is 0.175. The molecule has 1 aromatic heterocycles. The van der Waals surface area contributed by atoms with Crippen LogP contribution in [-0.4, -0.2) is 20.7 Å². The molecule has 27 heavy (non-hydrogen) atoms. The van der Waals surface area contributed by atoms with Gasteiger partial charge in [-0.05, 0) is 52.2 Å². The van der Waals surface area contributed by atoms with Crippen molar-refractivity contribution < 1.29 is 17.7 Å². The lowest BCUT2D eigenvalue weighted by molar-refractivity contribution is 0.257. The summed E-state index contributed by atoms with van der Waals surface area (Å²) in [6.07, 6.45) is 0.377. The van der Waals surface area contributed by atoms with Gasteiger partial charge in [-0.15, -0.1) is 0 Å². The quantitative estimate of drug-likeness (QED) is 0.554. The molecule has 0 saturated carbocycles. The number of hydrogen-bond acceptors (Lipinski definition) is 5. The molecule has 0 amide bonds. The van der Waals surface area contributed by atoms with Crippen LogP contribution in [0.4, 0.5) is 0 Å². The van der Waals surface area contributed by atoms with Crippen LogP contribution in [0, 0.1) is 0 Å². The Kier molecular flexibility index (Phi) is 6.21. The highest BCUT2D eigenvalue weighted by molar-refractivity contribution is 9.10. The predicted molar refractivity (Wildman–Crippen MR) is 105 cm³/mol. The van der Waals surface area contributed by atoms with Crippen LogP contribution >= 0.6 is 27.5 Å². The molecule has 0 bridgehead atoms. The molecule has 0 saturated heterocycles. The van der Waals surface area contributed by atoms with Gasteiger partial charge in [-0.1, -0.05) is 47.1 Å². The van der Waals surface area contributed by atoms with Gasteiger partial charge in [0.15, 0.2) is 0 Å². The monoisotopic (exact) mass is 470 g/mol. The smallest absolute Gasteiger partial charge is 0.325 e. The average Bonchev–Trinajstić information content (AvgIpc) is 3.03. The van der Waals surface area contributed by atoms with Gasteiger partial charge < -0.3 is 9.26 Å². The standard InChI is InChI=1S/C18H16BrClN2O4S/c1-25-18-16(19)17(21-26-18)15(11-12-5-3-2-4-6-12)22-27(23,24)14-9-7-13(20)8-10-14/h2-10,15,22H,11H2,1H3. The van der Waals surface area contributed by atoms with Gasteiger partial charge in [0.25, 0.3) is 0 Å². The summed E-state index contributed by atoms with van der Waals surface area (Å²) in [4.78, 5) is 0.108. The Morgan fingerprint density at radius 3 is 2.44 bits per heavy atom. The number of rotatable bonds is 7. The topological polar surface area (TPSA) is 81.4 Å². The fraction of sp³-hybridized carbons (Fsp3) is 0.167. The van der Waals surface area contributed by atoms with Crippen molar-refractivity contribution in [3.8, 4) is 5.95 Å². The number of methoxy groups -OCH3 is 1. The van der Waals surface area contributed by atoms with E-state index in [1.165, 1.54) is 31.4 Å². The lowest BCUT2D eigenvalue weighted by Crippen LogP contribution is -2.30. The molecule has 9 heteroatoms. The van der Waals surface area contributed by atoms with Crippen LogP contribution in [0.5, 0.6) is 5.95 Å². The van der Waals surface area contributed by atoms with E-state index < -0.39 is 16.1 Å². The van der Waals surface area contributed by atoms with Crippen LogP contribution in [0.2, 0.25) is 5.02 Å². The maximum absolute atomic E-state index is 12.8. The van der Waals surface area contributed by atoms with Gasteiger partial charge in [0, 0.05) is 5.02 Å². The second kappa shape index (κ2) is 8.43. The summed E-state index contributed by atoms with van der Waals surface area (Å²) in [7, 11) is -2.37.